The molecule has 25 heavy (non-hydrogen) atoms. The van der Waals surface area contributed by atoms with Crippen molar-refractivity contribution in [3.63, 3.8) is 0 Å². The second-order valence-corrected chi connectivity index (χ2v) is 6.27. The van der Waals surface area contributed by atoms with Crippen molar-refractivity contribution in [2.24, 2.45) is 0 Å². The second kappa shape index (κ2) is 7.19. The molecule has 4 nitrogen and oxygen atoms in total. The number of halogens is 1. The molecule has 130 valence electrons. The fraction of sp³-hybridized carbons (Fsp3) is 0.250. The van der Waals surface area contributed by atoms with Gasteiger partial charge in [-0.2, -0.15) is 0 Å². The standard InChI is InChI=1S/C20H20ClNO3/c1-4-22(13(2)14-6-5-7-17(11-14)24-3)20(23)19-12-15-10-16(21)8-9-18(15)25-19/h5-13H,4H2,1-3H3. The van der Waals surface area contributed by atoms with Gasteiger partial charge in [-0.25, -0.2) is 0 Å². The van der Waals surface area contributed by atoms with Crippen molar-refractivity contribution in [3.05, 3.63) is 64.9 Å². The van der Waals surface area contributed by atoms with Gasteiger partial charge in [0, 0.05) is 17.0 Å². The molecule has 3 rings (SSSR count). The van der Waals surface area contributed by atoms with E-state index in [0.717, 1.165) is 16.7 Å². The molecular formula is C20H20ClNO3. The molecule has 1 unspecified atom stereocenters. The highest BCUT2D eigenvalue weighted by Crippen LogP contribution is 2.28. The quantitative estimate of drug-likeness (QED) is 0.620. The normalized spacial score (nSPS) is 12.2. The van der Waals surface area contributed by atoms with E-state index in [2.05, 4.69) is 0 Å². The van der Waals surface area contributed by atoms with Crippen LogP contribution in [0.5, 0.6) is 5.75 Å². The lowest BCUT2D eigenvalue weighted by Crippen LogP contribution is -2.33. The number of hydrogen-bond donors (Lipinski definition) is 0. The molecule has 0 aliphatic carbocycles. The van der Waals surface area contributed by atoms with E-state index < -0.39 is 0 Å². The Labute approximate surface area is 151 Å². The molecular weight excluding hydrogens is 338 g/mol. The van der Waals surface area contributed by atoms with Crippen LogP contribution in [0.15, 0.2) is 52.9 Å². The molecule has 1 atom stereocenters. The van der Waals surface area contributed by atoms with Gasteiger partial charge in [-0.15, -0.1) is 0 Å². The fourth-order valence-electron chi connectivity index (χ4n) is 2.94. The van der Waals surface area contributed by atoms with Crippen LogP contribution in [0, 0.1) is 0 Å². The number of benzene rings is 2. The number of rotatable bonds is 5. The lowest BCUT2D eigenvalue weighted by Gasteiger charge is -2.27. The maximum atomic E-state index is 13.0. The van der Waals surface area contributed by atoms with Gasteiger partial charge < -0.3 is 14.1 Å². The molecule has 5 heteroatoms. The number of furan rings is 1. The Morgan fingerprint density at radius 1 is 1.24 bits per heavy atom. The van der Waals surface area contributed by atoms with E-state index in [-0.39, 0.29) is 11.9 Å². The number of carbonyl (C=O) groups excluding carboxylic acids is 1. The first-order valence-electron chi connectivity index (χ1n) is 8.17. The van der Waals surface area contributed by atoms with Gasteiger partial charge in [0.2, 0.25) is 0 Å². The predicted octanol–water partition coefficient (Wildman–Crippen LogP) is 5.32. The van der Waals surface area contributed by atoms with E-state index in [1.807, 2.05) is 38.1 Å². The third kappa shape index (κ3) is 3.49. The molecule has 3 aromatic rings. The summed E-state index contributed by atoms with van der Waals surface area (Å²) in [7, 11) is 1.63. The van der Waals surface area contributed by atoms with Crippen molar-refractivity contribution in [2.45, 2.75) is 19.9 Å². The SMILES string of the molecule is CCN(C(=O)c1cc2cc(Cl)ccc2o1)C(C)c1cccc(OC)c1. The van der Waals surface area contributed by atoms with Crippen LogP contribution in [0.3, 0.4) is 0 Å². The Balaban J connectivity index is 1.91. The van der Waals surface area contributed by atoms with Gasteiger partial charge >= 0.3 is 0 Å². The van der Waals surface area contributed by atoms with E-state index in [1.165, 1.54) is 0 Å². The molecule has 0 bridgehead atoms. The van der Waals surface area contributed by atoms with Crippen LogP contribution in [0.2, 0.25) is 5.02 Å². The summed E-state index contributed by atoms with van der Waals surface area (Å²) in [6, 6.07) is 14.7. The predicted molar refractivity (Wildman–Crippen MR) is 99.3 cm³/mol. The molecule has 1 heterocycles. The fourth-order valence-corrected chi connectivity index (χ4v) is 3.12. The van der Waals surface area contributed by atoms with Gasteiger partial charge in [0.05, 0.1) is 13.2 Å². The molecule has 0 saturated carbocycles. The van der Waals surface area contributed by atoms with Gasteiger partial charge in [0.15, 0.2) is 5.76 Å². The molecule has 0 fully saturated rings. The summed E-state index contributed by atoms with van der Waals surface area (Å²) < 4.78 is 11.0. The lowest BCUT2D eigenvalue weighted by molar-refractivity contribution is 0.0672. The maximum Gasteiger partial charge on any atom is 0.290 e. The van der Waals surface area contributed by atoms with Crippen molar-refractivity contribution in [1.29, 1.82) is 0 Å². The smallest absolute Gasteiger partial charge is 0.290 e. The molecule has 0 saturated heterocycles. The van der Waals surface area contributed by atoms with Crippen LogP contribution in [-0.2, 0) is 0 Å². The van der Waals surface area contributed by atoms with Crippen molar-refractivity contribution in [2.75, 3.05) is 13.7 Å². The topological polar surface area (TPSA) is 42.7 Å². The van der Waals surface area contributed by atoms with Crippen molar-refractivity contribution < 1.29 is 13.9 Å². The largest absolute Gasteiger partial charge is 0.497 e. The van der Waals surface area contributed by atoms with Crippen LogP contribution in [0.25, 0.3) is 11.0 Å². The Bertz CT molecular complexity index is 903. The van der Waals surface area contributed by atoms with Crippen molar-refractivity contribution in [1.82, 2.24) is 4.90 Å². The van der Waals surface area contributed by atoms with E-state index in [1.54, 1.807) is 36.3 Å². The van der Waals surface area contributed by atoms with Gasteiger partial charge in [-0.05, 0) is 55.8 Å². The number of fused-ring (bicyclic) bond motifs is 1. The summed E-state index contributed by atoms with van der Waals surface area (Å²) in [4.78, 5) is 14.7. The van der Waals surface area contributed by atoms with Gasteiger partial charge in [0.1, 0.15) is 11.3 Å². The third-order valence-corrected chi connectivity index (χ3v) is 4.57. The first kappa shape index (κ1) is 17.4. The summed E-state index contributed by atoms with van der Waals surface area (Å²) in [6.07, 6.45) is 0. The summed E-state index contributed by atoms with van der Waals surface area (Å²) in [6.45, 7) is 4.51. The summed E-state index contributed by atoms with van der Waals surface area (Å²) in [5.74, 6) is 0.935. The summed E-state index contributed by atoms with van der Waals surface area (Å²) in [5, 5.41) is 1.44. The molecule has 1 aromatic heterocycles. The van der Waals surface area contributed by atoms with Crippen LogP contribution in [0.1, 0.15) is 36.0 Å². The highest BCUT2D eigenvalue weighted by atomic mass is 35.5. The molecule has 0 aliphatic heterocycles. The number of methoxy groups -OCH3 is 1. The van der Waals surface area contributed by atoms with E-state index in [4.69, 9.17) is 20.8 Å². The minimum absolute atomic E-state index is 0.107. The number of amides is 1. The van der Waals surface area contributed by atoms with Crippen LogP contribution < -0.4 is 4.74 Å². The van der Waals surface area contributed by atoms with Crippen LogP contribution in [0.4, 0.5) is 0 Å². The van der Waals surface area contributed by atoms with Crippen molar-refractivity contribution >= 4 is 28.5 Å². The molecule has 2 aromatic carbocycles. The van der Waals surface area contributed by atoms with E-state index >= 15 is 0 Å². The van der Waals surface area contributed by atoms with Gasteiger partial charge in [-0.3, -0.25) is 4.79 Å². The van der Waals surface area contributed by atoms with Gasteiger partial charge in [-0.1, -0.05) is 23.7 Å². The molecule has 1 amide bonds. The van der Waals surface area contributed by atoms with E-state index in [0.29, 0.717) is 22.9 Å². The summed E-state index contributed by atoms with van der Waals surface area (Å²) in [5.41, 5.74) is 1.66. The third-order valence-electron chi connectivity index (χ3n) is 4.33. The Kier molecular flexibility index (Phi) is 5.00. The number of nitrogens with zero attached hydrogens (tertiary/aromatic N) is 1. The van der Waals surface area contributed by atoms with E-state index in [9.17, 15) is 4.79 Å². The lowest BCUT2D eigenvalue weighted by atomic mass is 10.1. The number of ether oxygens (including phenoxy) is 1. The highest BCUT2D eigenvalue weighted by molar-refractivity contribution is 6.31. The zero-order valence-electron chi connectivity index (χ0n) is 14.5. The Hall–Kier alpha value is -2.46. The Morgan fingerprint density at radius 2 is 2.04 bits per heavy atom. The molecule has 0 aliphatic rings. The minimum atomic E-state index is -0.148. The zero-order chi connectivity index (χ0) is 18.0. The minimum Gasteiger partial charge on any atom is -0.497 e. The summed E-state index contributed by atoms with van der Waals surface area (Å²) >= 11 is 6.01. The second-order valence-electron chi connectivity index (χ2n) is 5.84. The monoisotopic (exact) mass is 357 g/mol. The van der Waals surface area contributed by atoms with Gasteiger partial charge in [0.25, 0.3) is 5.91 Å². The molecule has 0 N–H and O–H groups in total. The maximum absolute atomic E-state index is 13.0. The average molecular weight is 358 g/mol. The van der Waals surface area contributed by atoms with Crippen molar-refractivity contribution in [3.8, 4) is 5.75 Å². The number of carbonyl (C=O) groups is 1. The van der Waals surface area contributed by atoms with Crippen LogP contribution in [-0.4, -0.2) is 24.5 Å². The molecule has 0 radical (unpaired) electrons. The Morgan fingerprint density at radius 3 is 2.76 bits per heavy atom. The van der Waals surface area contributed by atoms with Crippen LogP contribution >= 0.6 is 11.6 Å². The average Bonchev–Trinajstić information content (AvgIpc) is 3.05. The molecule has 0 spiro atoms. The first-order chi connectivity index (χ1) is 12.0. The zero-order valence-corrected chi connectivity index (χ0v) is 15.2. The first-order valence-corrected chi connectivity index (χ1v) is 8.55. The highest BCUT2D eigenvalue weighted by Gasteiger charge is 2.24. The number of hydrogen-bond acceptors (Lipinski definition) is 3.